The Hall–Kier alpha value is -4.48. The number of benzene rings is 2. The zero-order chi connectivity index (χ0) is 26.5. The molecule has 1 aromatic heterocycles. The van der Waals surface area contributed by atoms with E-state index in [2.05, 4.69) is 0 Å². The van der Waals surface area contributed by atoms with Crippen molar-refractivity contribution in [2.45, 2.75) is 27.2 Å². The Bertz CT molecular complexity index is 1440. The summed E-state index contributed by atoms with van der Waals surface area (Å²) in [6.07, 6.45) is 3.74. The number of aryl methyl sites for hydroxylation is 1. The van der Waals surface area contributed by atoms with Crippen molar-refractivity contribution in [3.8, 4) is 28.8 Å². The predicted molar refractivity (Wildman–Crippen MR) is 140 cm³/mol. The number of ether oxygens (including phenoxy) is 1. The van der Waals surface area contributed by atoms with E-state index in [9.17, 15) is 20.0 Å². The second-order valence-electron chi connectivity index (χ2n) is 8.63. The smallest absolute Gasteiger partial charge is 0.271 e. The van der Waals surface area contributed by atoms with Gasteiger partial charge in [0.15, 0.2) is 0 Å². The molecule has 0 aliphatic carbocycles. The highest BCUT2D eigenvalue weighted by molar-refractivity contribution is 6.19. The summed E-state index contributed by atoms with van der Waals surface area (Å²) >= 11 is 0. The molecule has 37 heavy (non-hydrogen) atoms. The van der Waals surface area contributed by atoms with E-state index in [1.54, 1.807) is 17.7 Å². The van der Waals surface area contributed by atoms with Crippen molar-refractivity contribution in [1.82, 2.24) is 14.7 Å². The molecule has 0 unspecified atom stereocenters. The molecule has 2 amide bonds. The average molecular weight is 497 g/mol. The summed E-state index contributed by atoms with van der Waals surface area (Å²) in [7, 11) is 0. The van der Waals surface area contributed by atoms with Crippen LogP contribution in [0.4, 0.5) is 0 Å². The van der Waals surface area contributed by atoms with Crippen LogP contribution in [0.25, 0.3) is 23.0 Å². The number of hydrogen-bond donors (Lipinski definition) is 1. The van der Waals surface area contributed by atoms with Crippen LogP contribution in [0.1, 0.15) is 31.4 Å². The fraction of sp³-hybridized carbons (Fsp3) is 0.241. The van der Waals surface area contributed by atoms with Gasteiger partial charge in [0, 0.05) is 36.0 Å². The summed E-state index contributed by atoms with van der Waals surface area (Å²) in [4.78, 5) is 27.2. The minimum absolute atomic E-state index is 0.0259. The van der Waals surface area contributed by atoms with Gasteiger partial charge in [0.25, 0.3) is 11.8 Å². The first kappa shape index (κ1) is 25.6. The number of para-hydroxylation sites is 1. The molecule has 0 saturated carbocycles. The van der Waals surface area contributed by atoms with Gasteiger partial charge in [-0.05, 0) is 74.7 Å². The Morgan fingerprint density at radius 1 is 1.11 bits per heavy atom. The van der Waals surface area contributed by atoms with Crippen molar-refractivity contribution in [3.63, 3.8) is 0 Å². The molecule has 1 aliphatic rings. The molecule has 4 rings (SSSR count). The predicted octanol–water partition coefficient (Wildman–Crippen LogP) is 4.22. The zero-order valence-electron chi connectivity index (χ0n) is 21.1. The molecule has 2 aromatic carbocycles. The molecule has 0 radical (unpaired) electrons. The Kier molecular flexibility index (Phi) is 7.66. The van der Waals surface area contributed by atoms with E-state index in [0.717, 1.165) is 27.5 Å². The van der Waals surface area contributed by atoms with Gasteiger partial charge < -0.3 is 9.84 Å². The molecule has 0 bridgehead atoms. The fourth-order valence-electron chi connectivity index (χ4n) is 4.29. The number of nitrogens with zero attached hydrogens (tertiary/aromatic N) is 4. The lowest BCUT2D eigenvalue weighted by Gasteiger charge is -2.27. The number of aromatic nitrogens is 2. The first-order valence-electron chi connectivity index (χ1n) is 12.1. The normalized spacial score (nSPS) is 14.9. The number of carbonyl (C=O) groups is 2. The standard InChI is InChI=1S/C29H28N4O4/c1-4-37-23-11-12-24(19(2)15-23)27-21(18-33(31-27)22-9-6-5-7-10-22)16-25-20(3)26(17-30)29(36)32(28(25)35)13-8-14-34/h5-7,9-12,15-16,18,34H,4,8,13-14H2,1-3H3. The molecule has 8 heteroatoms. The summed E-state index contributed by atoms with van der Waals surface area (Å²) in [6, 6.07) is 17.3. The Balaban J connectivity index is 1.90. The minimum atomic E-state index is -0.641. The van der Waals surface area contributed by atoms with Crippen LogP contribution in [0, 0.1) is 18.3 Å². The number of imide groups is 1. The van der Waals surface area contributed by atoms with Crippen LogP contribution in [0.2, 0.25) is 0 Å². The van der Waals surface area contributed by atoms with Crippen LogP contribution < -0.4 is 4.74 Å². The van der Waals surface area contributed by atoms with E-state index >= 15 is 0 Å². The molecular weight excluding hydrogens is 468 g/mol. The molecule has 0 saturated heterocycles. The van der Waals surface area contributed by atoms with Crippen LogP contribution in [0.3, 0.4) is 0 Å². The topological polar surface area (TPSA) is 108 Å². The number of hydrogen-bond acceptors (Lipinski definition) is 6. The minimum Gasteiger partial charge on any atom is -0.494 e. The van der Waals surface area contributed by atoms with Crippen LogP contribution in [-0.4, -0.2) is 51.4 Å². The van der Waals surface area contributed by atoms with E-state index in [4.69, 9.17) is 9.84 Å². The number of carbonyl (C=O) groups excluding carboxylic acids is 2. The highest BCUT2D eigenvalue weighted by Crippen LogP contribution is 2.33. The second-order valence-corrected chi connectivity index (χ2v) is 8.63. The van der Waals surface area contributed by atoms with E-state index in [1.807, 2.05) is 74.6 Å². The lowest BCUT2D eigenvalue weighted by Crippen LogP contribution is -2.43. The molecular formula is C29H28N4O4. The number of amides is 2. The summed E-state index contributed by atoms with van der Waals surface area (Å²) in [5, 5.41) is 23.8. The Morgan fingerprint density at radius 2 is 1.86 bits per heavy atom. The highest BCUT2D eigenvalue weighted by atomic mass is 16.5. The van der Waals surface area contributed by atoms with Crippen molar-refractivity contribution in [1.29, 1.82) is 5.26 Å². The fourth-order valence-corrected chi connectivity index (χ4v) is 4.29. The summed E-state index contributed by atoms with van der Waals surface area (Å²) in [5.74, 6) is -0.390. The van der Waals surface area contributed by atoms with E-state index in [-0.39, 0.29) is 30.7 Å². The lowest BCUT2D eigenvalue weighted by atomic mass is 9.92. The van der Waals surface area contributed by atoms with Crippen LogP contribution >= 0.6 is 0 Å². The van der Waals surface area contributed by atoms with Gasteiger partial charge in [-0.1, -0.05) is 18.2 Å². The van der Waals surface area contributed by atoms with Gasteiger partial charge in [-0.3, -0.25) is 14.5 Å². The molecule has 8 nitrogen and oxygen atoms in total. The van der Waals surface area contributed by atoms with Crippen molar-refractivity contribution < 1.29 is 19.4 Å². The van der Waals surface area contributed by atoms with Gasteiger partial charge in [-0.25, -0.2) is 4.68 Å². The molecule has 188 valence electrons. The SMILES string of the molecule is CCOc1ccc(-c2nn(-c3ccccc3)cc2C=C2C(=O)N(CCCO)C(=O)C(C#N)=C2C)c(C)c1. The summed E-state index contributed by atoms with van der Waals surface area (Å²) in [5.41, 5.74) is 4.44. The number of nitriles is 1. The lowest BCUT2D eigenvalue weighted by molar-refractivity contribution is -0.140. The largest absolute Gasteiger partial charge is 0.494 e. The van der Waals surface area contributed by atoms with Gasteiger partial charge in [-0.2, -0.15) is 10.4 Å². The van der Waals surface area contributed by atoms with Gasteiger partial charge in [0.05, 0.1) is 12.3 Å². The maximum Gasteiger partial charge on any atom is 0.271 e. The number of aliphatic hydroxyl groups is 1. The Morgan fingerprint density at radius 3 is 2.51 bits per heavy atom. The third-order valence-corrected chi connectivity index (χ3v) is 6.19. The maximum absolute atomic E-state index is 13.4. The summed E-state index contributed by atoms with van der Waals surface area (Å²) in [6.45, 7) is 5.91. The third kappa shape index (κ3) is 5.08. The summed E-state index contributed by atoms with van der Waals surface area (Å²) < 4.78 is 7.38. The van der Waals surface area contributed by atoms with Gasteiger partial charge in [-0.15, -0.1) is 0 Å². The molecule has 0 atom stereocenters. The molecule has 0 fully saturated rings. The monoisotopic (exact) mass is 496 g/mol. The van der Waals surface area contributed by atoms with Crippen molar-refractivity contribution in [2.75, 3.05) is 19.8 Å². The Labute approximate surface area is 215 Å². The maximum atomic E-state index is 13.4. The van der Waals surface area contributed by atoms with E-state index < -0.39 is 11.8 Å². The van der Waals surface area contributed by atoms with Crippen molar-refractivity contribution >= 4 is 17.9 Å². The van der Waals surface area contributed by atoms with E-state index in [1.165, 1.54) is 0 Å². The van der Waals surface area contributed by atoms with E-state index in [0.29, 0.717) is 23.4 Å². The average Bonchev–Trinajstić information content (AvgIpc) is 3.31. The van der Waals surface area contributed by atoms with Crippen molar-refractivity contribution in [2.24, 2.45) is 0 Å². The van der Waals surface area contributed by atoms with Gasteiger partial charge >= 0.3 is 0 Å². The first-order chi connectivity index (χ1) is 17.9. The molecule has 3 aromatic rings. The van der Waals surface area contributed by atoms with Gasteiger partial charge in [0.2, 0.25) is 0 Å². The van der Waals surface area contributed by atoms with Crippen molar-refractivity contribution in [3.05, 3.63) is 82.6 Å². The van der Waals surface area contributed by atoms with Crippen LogP contribution in [0.5, 0.6) is 5.75 Å². The van der Waals surface area contributed by atoms with Gasteiger partial charge in [0.1, 0.15) is 23.1 Å². The number of rotatable bonds is 8. The van der Waals surface area contributed by atoms with Crippen LogP contribution in [-0.2, 0) is 9.59 Å². The molecule has 0 spiro atoms. The quantitative estimate of drug-likeness (QED) is 0.370. The molecule has 1 N–H and O–H groups in total. The first-order valence-corrected chi connectivity index (χ1v) is 12.1. The second kappa shape index (κ2) is 11.1. The third-order valence-electron chi connectivity index (χ3n) is 6.19. The molecule has 2 heterocycles. The zero-order valence-corrected chi connectivity index (χ0v) is 21.1. The number of aliphatic hydroxyl groups excluding tert-OH is 1. The molecule has 1 aliphatic heterocycles. The van der Waals surface area contributed by atoms with Crippen LogP contribution in [0.15, 0.2) is 71.4 Å². The highest BCUT2D eigenvalue weighted by Gasteiger charge is 2.35.